The van der Waals surface area contributed by atoms with E-state index in [0.29, 0.717) is 29.7 Å². The van der Waals surface area contributed by atoms with Gasteiger partial charge in [-0.3, -0.25) is 0 Å². The largest absolute Gasteiger partial charge is 0.393 e. The Kier molecular flexibility index (Phi) is 5.49. The van der Waals surface area contributed by atoms with E-state index in [1.807, 2.05) is 34.9 Å². The minimum Gasteiger partial charge on any atom is -0.393 e. The van der Waals surface area contributed by atoms with Crippen molar-refractivity contribution >= 4 is 0 Å². The Morgan fingerprint density at radius 3 is 2.72 bits per heavy atom. The molecule has 2 aromatic heterocycles. The van der Waals surface area contributed by atoms with Crippen LogP contribution in [0.15, 0.2) is 47.2 Å². The second-order valence-corrected chi connectivity index (χ2v) is 7.41. The number of rotatable bonds is 5. The molecule has 150 valence electrons. The van der Waals surface area contributed by atoms with Gasteiger partial charge in [-0.2, -0.15) is 0 Å². The second-order valence-electron chi connectivity index (χ2n) is 7.41. The van der Waals surface area contributed by atoms with Crippen molar-refractivity contribution in [1.82, 2.24) is 14.7 Å². The van der Waals surface area contributed by atoms with Crippen LogP contribution in [0.3, 0.4) is 0 Å². The Bertz CT molecular complexity index is 1020. The number of hydrogen-bond acceptors (Lipinski definition) is 6. The monoisotopic (exact) mass is 392 g/mol. The third kappa shape index (κ3) is 4.10. The fourth-order valence-corrected chi connectivity index (χ4v) is 3.48. The molecule has 1 aliphatic rings. The molecule has 7 nitrogen and oxygen atoms in total. The summed E-state index contributed by atoms with van der Waals surface area (Å²) in [5, 5.41) is 23.4. The molecule has 7 heteroatoms. The van der Waals surface area contributed by atoms with E-state index in [4.69, 9.17) is 10.3 Å². The van der Waals surface area contributed by atoms with Crippen molar-refractivity contribution in [3.63, 3.8) is 0 Å². The number of aliphatic hydroxyl groups is 2. The molecule has 0 saturated heterocycles. The highest BCUT2D eigenvalue weighted by atomic mass is 16.5. The minimum atomic E-state index is -0.706. The van der Waals surface area contributed by atoms with Gasteiger partial charge in [0.25, 0.3) is 0 Å². The van der Waals surface area contributed by atoms with Crippen LogP contribution in [0.2, 0.25) is 0 Å². The van der Waals surface area contributed by atoms with E-state index in [1.54, 1.807) is 19.3 Å². The first kappa shape index (κ1) is 19.4. The number of imidazole rings is 1. The zero-order valence-electron chi connectivity index (χ0n) is 16.2. The molecule has 0 bridgehead atoms. The van der Waals surface area contributed by atoms with Gasteiger partial charge in [0.15, 0.2) is 5.76 Å². The Labute approximate surface area is 169 Å². The maximum Gasteiger partial charge on any atom is 0.167 e. The van der Waals surface area contributed by atoms with Gasteiger partial charge in [0.2, 0.25) is 0 Å². The number of nitrogens with two attached hydrogens (primary N) is 1. The molecule has 4 rings (SSSR count). The quantitative estimate of drug-likeness (QED) is 0.575. The first-order valence-corrected chi connectivity index (χ1v) is 9.72. The predicted octanol–water partition coefficient (Wildman–Crippen LogP) is 2.26. The molecule has 1 fully saturated rings. The predicted molar refractivity (Wildman–Crippen MR) is 108 cm³/mol. The maximum absolute atomic E-state index is 9.91. The van der Waals surface area contributed by atoms with Crippen LogP contribution in [-0.4, -0.2) is 37.6 Å². The average molecular weight is 392 g/mol. The summed E-state index contributed by atoms with van der Waals surface area (Å²) in [6, 6.07) is 9.37. The molecule has 0 aliphatic heterocycles. The van der Waals surface area contributed by atoms with Gasteiger partial charge in [-0.05, 0) is 44.0 Å². The lowest BCUT2D eigenvalue weighted by atomic mass is 9.83. The molecule has 1 aromatic carbocycles. The lowest BCUT2D eigenvalue weighted by Crippen LogP contribution is -2.26. The molecule has 1 aliphatic carbocycles. The number of aromatic nitrogens is 3. The Morgan fingerprint density at radius 1 is 1.31 bits per heavy atom. The van der Waals surface area contributed by atoms with Crippen molar-refractivity contribution in [2.45, 2.75) is 38.0 Å². The summed E-state index contributed by atoms with van der Waals surface area (Å²) in [5.74, 6) is 7.82. The topological polar surface area (TPSA) is 110 Å². The Morgan fingerprint density at radius 2 is 2.07 bits per heavy atom. The van der Waals surface area contributed by atoms with Crippen molar-refractivity contribution in [2.24, 2.45) is 11.7 Å². The van der Waals surface area contributed by atoms with Crippen molar-refractivity contribution in [2.75, 3.05) is 6.54 Å². The van der Waals surface area contributed by atoms with Gasteiger partial charge in [-0.1, -0.05) is 17.0 Å². The zero-order chi connectivity index (χ0) is 20.4. The highest BCUT2D eigenvalue weighted by molar-refractivity contribution is 5.59. The number of benzene rings is 1. The SMILES string of the molecule is CC(O)c1nccn1C(CN)c1cc(-c2ccc(C#C[C@H]3C[C@H](O)C3)cc2)on1. The molecule has 0 spiro atoms. The van der Waals surface area contributed by atoms with Gasteiger partial charge >= 0.3 is 0 Å². The van der Waals surface area contributed by atoms with Crippen LogP contribution >= 0.6 is 0 Å². The summed E-state index contributed by atoms with van der Waals surface area (Å²) in [5.41, 5.74) is 8.47. The van der Waals surface area contributed by atoms with Gasteiger partial charge in [-0.25, -0.2) is 4.98 Å². The molecule has 1 saturated carbocycles. The molecular formula is C22H24N4O3. The Hall–Kier alpha value is -2.92. The summed E-state index contributed by atoms with van der Waals surface area (Å²) >= 11 is 0. The smallest absolute Gasteiger partial charge is 0.167 e. The average Bonchev–Trinajstić information content (AvgIpc) is 3.36. The fraction of sp³-hybridized carbons (Fsp3) is 0.364. The standard InChI is InChI=1S/C22H24N4O3/c1-14(27)22-24-8-9-26(22)20(13-23)19-12-21(29-25-19)17-6-4-15(5-7-17)2-3-16-10-18(28)11-16/h4-9,12,14,16,18,20,27-28H,10-11,13,23H2,1H3/t14?,16-,18-,20?. The van der Waals surface area contributed by atoms with Crippen molar-refractivity contribution in [3.05, 3.63) is 59.8 Å². The highest BCUT2D eigenvalue weighted by Crippen LogP contribution is 2.28. The summed E-state index contributed by atoms with van der Waals surface area (Å²) in [6.07, 6.45) is 4.05. The van der Waals surface area contributed by atoms with Crippen LogP contribution in [0.1, 0.15) is 49.0 Å². The molecule has 4 N–H and O–H groups in total. The molecule has 3 aromatic rings. The van der Waals surface area contributed by atoms with E-state index in [0.717, 1.165) is 24.0 Å². The molecule has 29 heavy (non-hydrogen) atoms. The maximum atomic E-state index is 9.91. The molecule has 2 atom stereocenters. The number of aliphatic hydroxyl groups excluding tert-OH is 2. The van der Waals surface area contributed by atoms with E-state index in [9.17, 15) is 10.2 Å². The zero-order valence-corrected chi connectivity index (χ0v) is 16.2. The fourth-order valence-electron chi connectivity index (χ4n) is 3.48. The highest BCUT2D eigenvalue weighted by Gasteiger charge is 2.25. The van der Waals surface area contributed by atoms with Crippen molar-refractivity contribution < 1.29 is 14.7 Å². The Balaban J connectivity index is 1.51. The molecule has 2 heterocycles. The summed E-state index contributed by atoms with van der Waals surface area (Å²) in [6.45, 7) is 1.96. The van der Waals surface area contributed by atoms with E-state index < -0.39 is 6.10 Å². The summed E-state index contributed by atoms with van der Waals surface area (Å²) in [7, 11) is 0. The van der Waals surface area contributed by atoms with Gasteiger partial charge in [0.1, 0.15) is 17.6 Å². The van der Waals surface area contributed by atoms with Crippen molar-refractivity contribution in [3.8, 4) is 23.2 Å². The molecule has 0 amide bonds. The second kappa shape index (κ2) is 8.21. The van der Waals surface area contributed by atoms with Crippen LogP contribution in [0.25, 0.3) is 11.3 Å². The normalized spacial score (nSPS) is 20.4. The summed E-state index contributed by atoms with van der Waals surface area (Å²) in [4.78, 5) is 4.20. The lowest BCUT2D eigenvalue weighted by molar-refractivity contribution is 0.0666. The van der Waals surface area contributed by atoms with Crippen molar-refractivity contribution in [1.29, 1.82) is 0 Å². The molecule has 2 unspecified atom stereocenters. The van der Waals surface area contributed by atoms with Crippen LogP contribution in [0.5, 0.6) is 0 Å². The number of hydrogen-bond donors (Lipinski definition) is 3. The minimum absolute atomic E-state index is 0.186. The van der Waals surface area contributed by atoms with E-state index in [1.165, 1.54) is 0 Å². The van der Waals surface area contributed by atoms with E-state index >= 15 is 0 Å². The number of nitrogens with zero attached hydrogens (tertiary/aromatic N) is 3. The van der Waals surface area contributed by atoms with Crippen LogP contribution in [0, 0.1) is 17.8 Å². The van der Waals surface area contributed by atoms with Crippen LogP contribution in [-0.2, 0) is 0 Å². The summed E-state index contributed by atoms with van der Waals surface area (Å²) < 4.78 is 7.36. The van der Waals surface area contributed by atoms with E-state index in [-0.39, 0.29) is 12.1 Å². The molecule has 0 radical (unpaired) electrons. The van der Waals surface area contributed by atoms with Gasteiger partial charge in [0.05, 0.1) is 12.1 Å². The van der Waals surface area contributed by atoms with Gasteiger partial charge < -0.3 is 25.0 Å². The van der Waals surface area contributed by atoms with Gasteiger partial charge in [-0.15, -0.1) is 0 Å². The first-order valence-electron chi connectivity index (χ1n) is 9.72. The van der Waals surface area contributed by atoms with Gasteiger partial charge in [0, 0.05) is 42.0 Å². The van der Waals surface area contributed by atoms with Crippen LogP contribution in [0.4, 0.5) is 0 Å². The first-order chi connectivity index (χ1) is 14.0. The van der Waals surface area contributed by atoms with E-state index in [2.05, 4.69) is 22.0 Å². The van der Waals surface area contributed by atoms with Crippen LogP contribution < -0.4 is 5.73 Å². The lowest BCUT2D eigenvalue weighted by Gasteiger charge is -2.26. The molecular weight excluding hydrogens is 368 g/mol. The third-order valence-corrected chi connectivity index (χ3v) is 5.20. The third-order valence-electron chi connectivity index (χ3n) is 5.20.